The van der Waals surface area contributed by atoms with E-state index >= 15 is 0 Å². The van der Waals surface area contributed by atoms with Crippen LogP contribution in [-0.2, 0) is 18.4 Å². The number of carbonyl (C=O) groups excluding carboxylic acids is 1. The van der Waals surface area contributed by atoms with Gasteiger partial charge in [0.2, 0.25) is 5.91 Å². The fourth-order valence-corrected chi connectivity index (χ4v) is 4.44. The van der Waals surface area contributed by atoms with Crippen LogP contribution in [0.1, 0.15) is 104 Å². The van der Waals surface area contributed by atoms with Gasteiger partial charge in [-0.3, -0.25) is 13.8 Å². The summed E-state index contributed by atoms with van der Waals surface area (Å²) in [6, 6.07) is -0.883. The molecule has 0 saturated heterocycles. The van der Waals surface area contributed by atoms with E-state index in [0.29, 0.717) is 6.42 Å². The van der Waals surface area contributed by atoms with E-state index in [0.717, 1.165) is 70.6 Å². The van der Waals surface area contributed by atoms with Crippen molar-refractivity contribution in [1.29, 1.82) is 0 Å². The minimum Gasteiger partial charge on any atom is -0.387 e. The highest BCUT2D eigenvalue weighted by Gasteiger charge is 2.26. The number of rotatable bonds is 26. The Morgan fingerprint density at radius 3 is 2.13 bits per heavy atom. The van der Waals surface area contributed by atoms with Gasteiger partial charge in [-0.15, -0.1) is 0 Å². The molecule has 0 aromatic heterocycles. The van der Waals surface area contributed by atoms with Crippen molar-refractivity contribution >= 4 is 13.7 Å². The molecule has 0 fully saturated rings. The molecular weight excluding hydrogens is 515 g/mol. The van der Waals surface area contributed by atoms with Crippen LogP contribution in [0.4, 0.5) is 0 Å². The molecule has 0 rings (SSSR count). The first kappa shape index (κ1) is 37.5. The minimum absolute atomic E-state index is 0.0683. The van der Waals surface area contributed by atoms with Gasteiger partial charge in [0, 0.05) is 13.0 Å². The maximum Gasteiger partial charge on any atom is 0.472 e. The highest BCUT2D eigenvalue weighted by Crippen LogP contribution is 2.43. The number of phosphoric ester groups is 1. The Balaban J connectivity index is 4.55. The van der Waals surface area contributed by atoms with Crippen LogP contribution in [0.2, 0.25) is 0 Å². The molecule has 3 unspecified atom stereocenters. The first-order chi connectivity index (χ1) is 18.9. The maximum atomic E-state index is 12.5. The Morgan fingerprint density at radius 2 is 1.46 bits per heavy atom. The lowest BCUT2D eigenvalue weighted by Gasteiger charge is -2.23. The second-order valence-electron chi connectivity index (χ2n) is 9.59. The van der Waals surface area contributed by atoms with Crippen LogP contribution in [0, 0.1) is 0 Å². The molecule has 1 amide bonds. The van der Waals surface area contributed by atoms with E-state index in [1.165, 1.54) is 12.8 Å². The average Bonchev–Trinajstić information content (AvgIpc) is 2.91. The number of phosphoric acid groups is 1. The topological polar surface area (TPSA) is 131 Å². The summed E-state index contributed by atoms with van der Waals surface area (Å²) in [5.74, 6) is -0.227. The third kappa shape index (κ3) is 25.2. The van der Waals surface area contributed by atoms with Crippen molar-refractivity contribution in [3.8, 4) is 0 Å². The second-order valence-corrected chi connectivity index (χ2v) is 11.0. The van der Waals surface area contributed by atoms with E-state index in [-0.39, 0.29) is 25.7 Å². The lowest BCUT2D eigenvalue weighted by atomic mass is 10.1. The smallest absolute Gasteiger partial charge is 0.387 e. The molecule has 0 aromatic carbocycles. The van der Waals surface area contributed by atoms with Gasteiger partial charge in [0.1, 0.15) is 0 Å². The molecule has 9 heteroatoms. The lowest BCUT2D eigenvalue weighted by Crippen LogP contribution is -2.45. The molecule has 0 bridgehead atoms. The monoisotopic (exact) mass is 570 g/mol. The SMILES string of the molecule is C/C=C/CC/C=C/CC/C=C/C(O)C(COP(=O)(O)OCCN)NC(=O)CCCCCCC/C=C\CCCC. The van der Waals surface area contributed by atoms with Crippen molar-refractivity contribution in [2.75, 3.05) is 19.8 Å². The van der Waals surface area contributed by atoms with Crippen molar-refractivity contribution < 1.29 is 28.4 Å². The van der Waals surface area contributed by atoms with Crippen LogP contribution in [0.15, 0.2) is 48.6 Å². The van der Waals surface area contributed by atoms with Gasteiger partial charge >= 0.3 is 7.82 Å². The predicted octanol–water partition coefficient (Wildman–Crippen LogP) is 6.65. The van der Waals surface area contributed by atoms with Crippen molar-refractivity contribution in [1.82, 2.24) is 5.32 Å². The van der Waals surface area contributed by atoms with Crippen LogP contribution in [-0.4, -0.2) is 47.8 Å². The molecule has 0 saturated carbocycles. The molecule has 5 N–H and O–H groups in total. The van der Waals surface area contributed by atoms with Gasteiger partial charge in [-0.2, -0.15) is 0 Å². The number of amides is 1. The Morgan fingerprint density at radius 1 is 0.872 bits per heavy atom. The molecule has 0 heterocycles. The number of nitrogens with two attached hydrogens (primary N) is 1. The van der Waals surface area contributed by atoms with Gasteiger partial charge in [-0.25, -0.2) is 4.57 Å². The zero-order valence-corrected chi connectivity index (χ0v) is 25.2. The zero-order chi connectivity index (χ0) is 29.0. The standard InChI is InChI=1S/C30H55N2O6P/c1-3-5-7-9-11-13-14-16-18-20-22-24-30(34)32-28(27-38-39(35,36)37-26-25-31)29(33)23-21-19-17-15-12-10-8-6-4-2/h4,6,9,11-12,15,21,23,28-29,33H,3,5,7-8,10,13-14,16-20,22,24-27,31H2,1-2H3,(H,32,34)(H,35,36)/b6-4+,11-9-,15-12+,23-21+. The Labute approximate surface area is 237 Å². The minimum atomic E-state index is -4.33. The summed E-state index contributed by atoms with van der Waals surface area (Å²) in [5, 5.41) is 13.4. The molecule has 0 aliphatic heterocycles. The number of aliphatic hydroxyl groups excluding tert-OH is 1. The number of allylic oxidation sites excluding steroid dienone is 7. The molecule has 0 aromatic rings. The average molecular weight is 571 g/mol. The number of carbonyl (C=O) groups is 1. The predicted molar refractivity (Wildman–Crippen MR) is 161 cm³/mol. The Bertz CT molecular complexity index is 754. The van der Waals surface area contributed by atoms with Gasteiger partial charge in [-0.05, 0) is 58.3 Å². The van der Waals surface area contributed by atoms with E-state index in [4.69, 9.17) is 14.8 Å². The van der Waals surface area contributed by atoms with E-state index in [2.05, 4.69) is 42.6 Å². The van der Waals surface area contributed by atoms with E-state index < -0.39 is 20.0 Å². The first-order valence-corrected chi connectivity index (χ1v) is 16.2. The summed E-state index contributed by atoms with van der Waals surface area (Å²) in [4.78, 5) is 22.3. The number of hydrogen-bond donors (Lipinski definition) is 4. The molecular formula is C30H55N2O6P. The zero-order valence-electron chi connectivity index (χ0n) is 24.3. The van der Waals surface area contributed by atoms with Crippen LogP contribution >= 0.6 is 7.82 Å². The number of hydrogen-bond acceptors (Lipinski definition) is 6. The molecule has 3 atom stereocenters. The highest BCUT2D eigenvalue weighted by molar-refractivity contribution is 7.47. The molecule has 0 radical (unpaired) electrons. The fraction of sp³-hybridized carbons (Fsp3) is 0.700. The molecule has 0 aliphatic carbocycles. The largest absolute Gasteiger partial charge is 0.472 e. The van der Waals surface area contributed by atoms with E-state index in [9.17, 15) is 19.4 Å². The van der Waals surface area contributed by atoms with E-state index in [1.807, 2.05) is 19.1 Å². The highest BCUT2D eigenvalue weighted by atomic mass is 31.2. The summed E-state index contributed by atoms with van der Waals surface area (Å²) >= 11 is 0. The summed E-state index contributed by atoms with van der Waals surface area (Å²) < 4.78 is 21.8. The van der Waals surface area contributed by atoms with Gasteiger partial charge in [0.25, 0.3) is 0 Å². The lowest BCUT2D eigenvalue weighted by molar-refractivity contribution is -0.123. The van der Waals surface area contributed by atoms with Crippen LogP contribution in [0.25, 0.3) is 0 Å². The van der Waals surface area contributed by atoms with Crippen LogP contribution < -0.4 is 11.1 Å². The summed E-state index contributed by atoms with van der Waals surface area (Å²) in [6.07, 6.45) is 29.0. The Hall–Kier alpha value is -1.54. The summed E-state index contributed by atoms with van der Waals surface area (Å²) in [7, 11) is -4.33. The van der Waals surface area contributed by atoms with Gasteiger partial charge in [0.05, 0.1) is 25.4 Å². The number of aliphatic hydroxyl groups is 1. The first-order valence-electron chi connectivity index (χ1n) is 14.7. The third-order valence-electron chi connectivity index (χ3n) is 5.95. The summed E-state index contributed by atoms with van der Waals surface area (Å²) in [6.45, 7) is 3.77. The second kappa shape index (κ2) is 26.7. The van der Waals surface area contributed by atoms with Crippen molar-refractivity contribution in [2.45, 2.75) is 116 Å². The van der Waals surface area contributed by atoms with Crippen molar-refractivity contribution in [3.63, 3.8) is 0 Å². The molecule has 226 valence electrons. The van der Waals surface area contributed by atoms with Crippen molar-refractivity contribution in [3.05, 3.63) is 48.6 Å². The quantitative estimate of drug-likeness (QED) is 0.0520. The maximum absolute atomic E-state index is 12.5. The molecule has 39 heavy (non-hydrogen) atoms. The third-order valence-corrected chi connectivity index (χ3v) is 6.93. The number of unbranched alkanes of at least 4 members (excludes halogenated alkanes) is 9. The normalized spacial score (nSPS) is 15.5. The van der Waals surface area contributed by atoms with Gasteiger partial charge in [0.15, 0.2) is 0 Å². The van der Waals surface area contributed by atoms with Gasteiger partial charge in [-0.1, -0.05) is 87.6 Å². The van der Waals surface area contributed by atoms with Gasteiger partial charge < -0.3 is 21.1 Å². The fourth-order valence-electron chi connectivity index (χ4n) is 3.68. The Kier molecular flexibility index (Phi) is 25.6. The molecule has 0 spiro atoms. The molecule has 0 aliphatic rings. The van der Waals surface area contributed by atoms with E-state index in [1.54, 1.807) is 6.08 Å². The van der Waals surface area contributed by atoms with Crippen LogP contribution in [0.5, 0.6) is 0 Å². The summed E-state index contributed by atoms with van der Waals surface area (Å²) in [5.41, 5.74) is 5.31. The van der Waals surface area contributed by atoms with Crippen molar-refractivity contribution in [2.24, 2.45) is 5.73 Å². The molecule has 8 nitrogen and oxygen atoms in total. The van der Waals surface area contributed by atoms with Crippen LogP contribution in [0.3, 0.4) is 0 Å². The number of nitrogens with one attached hydrogen (secondary N) is 1.